The number of hydrogen-bond donors (Lipinski definition) is 3. The van der Waals surface area contributed by atoms with Crippen molar-refractivity contribution in [3.8, 4) is 5.75 Å². The summed E-state index contributed by atoms with van der Waals surface area (Å²) in [5, 5.41) is 17.0. The maximum atomic E-state index is 15.4. The molecule has 5 rings (SSSR count). The Balaban J connectivity index is 1.30. The molecule has 1 amide bonds. The third-order valence-electron chi connectivity index (χ3n) is 5.64. The van der Waals surface area contributed by atoms with Crippen molar-refractivity contribution in [3.63, 3.8) is 0 Å². The third-order valence-corrected chi connectivity index (χ3v) is 7.69. The smallest absolute Gasteiger partial charge is 0.273 e. The molecule has 0 aliphatic rings. The van der Waals surface area contributed by atoms with Gasteiger partial charge in [-0.15, -0.1) is 0 Å². The third kappa shape index (κ3) is 5.99. The van der Waals surface area contributed by atoms with Crippen LogP contribution in [0.2, 0.25) is 0 Å². The first-order valence-electron chi connectivity index (χ1n) is 11.7. The van der Waals surface area contributed by atoms with E-state index in [0.717, 1.165) is 21.5 Å². The zero-order valence-corrected chi connectivity index (χ0v) is 21.5. The van der Waals surface area contributed by atoms with Crippen LogP contribution in [0.1, 0.15) is 27.5 Å². The van der Waals surface area contributed by atoms with Gasteiger partial charge in [0.2, 0.25) is 0 Å². The van der Waals surface area contributed by atoms with Gasteiger partial charge in [0.1, 0.15) is 11.6 Å². The van der Waals surface area contributed by atoms with E-state index in [-0.39, 0.29) is 28.8 Å². The number of amides is 1. The molecule has 0 radical (unpaired) electrons. The molecule has 0 bridgehead atoms. The van der Waals surface area contributed by atoms with Crippen LogP contribution in [0.3, 0.4) is 0 Å². The molecule has 3 N–H and O–H groups in total. The van der Waals surface area contributed by atoms with Gasteiger partial charge < -0.3 is 15.7 Å². The van der Waals surface area contributed by atoms with Crippen LogP contribution in [0.25, 0.3) is 0 Å². The Morgan fingerprint density at radius 2 is 1.74 bits per heavy atom. The molecule has 1 atom stereocenters. The van der Waals surface area contributed by atoms with Crippen molar-refractivity contribution in [2.75, 3.05) is 11.9 Å². The number of thiazole rings is 1. The number of aromatic nitrogens is 3. The van der Waals surface area contributed by atoms with E-state index in [1.165, 1.54) is 23.6 Å². The van der Waals surface area contributed by atoms with Gasteiger partial charge in [-0.05, 0) is 29.8 Å². The Morgan fingerprint density at radius 3 is 2.53 bits per heavy atom. The second-order valence-corrected chi connectivity index (χ2v) is 10.5. The van der Waals surface area contributed by atoms with E-state index in [1.54, 1.807) is 30.6 Å². The Hall–Kier alpha value is -4.28. The zero-order valence-electron chi connectivity index (χ0n) is 19.9. The van der Waals surface area contributed by atoms with Crippen LogP contribution in [-0.2, 0) is 0 Å². The molecule has 0 aliphatic carbocycles. The molecule has 7 nitrogen and oxygen atoms in total. The normalized spacial score (nSPS) is 11.6. The second kappa shape index (κ2) is 11.8. The molecule has 1 unspecified atom stereocenters. The average molecular weight is 544 g/mol. The van der Waals surface area contributed by atoms with E-state index in [2.05, 4.69) is 25.6 Å². The number of carbonyl (C=O) groups is 1. The van der Waals surface area contributed by atoms with E-state index < -0.39 is 11.7 Å². The molecule has 3 heterocycles. The van der Waals surface area contributed by atoms with E-state index in [9.17, 15) is 9.90 Å². The maximum Gasteiger partial charge on any atom is 0.273 e. The van der Waals surface area contributed by atoms with Gasteiger partial charge >= 0.3 is 0 Å². The van der Waals surface area contributed by atoms with E-state index >= 15 is 4.39 Å². The van der Waals surface area contributed by atoms with Crippen molar-refractivity contribution >= 4 is 40.0 Å². The number of anilines is 2. The van der Waals surface area contributed by atoms with Crippen LogP contribution < -0.4 is 10.6 Å². The summed E-state index contributed by atoms with van der Waals surface area (Å²) in [4.78, 5) is 25.8. The molecule has 0 fully saturated rings. The highest BCUT2D eigenvalue weighted by Gasteiger charge is 2.22. The summed E-state index contributed by atoms with van der Waals surface area (Å²) in [6.07, 6.45) is 4.72. The summed E-state index contributed by atoms with van der Waals surface area (Å²) in [5.41, 5.74) is 1.28. The standard InChI is InChI=1S/C28H22FN5O2S2/c29-25-22(37-24-17-33-28(38-24)34-23-12-6-7-14-30-23)13-15-31-26(25)27(36)32-16-20(18-8-2-1-3-9-18)19-10-4-5-11-21(19)35/h1-15,17,20,35H,16H2,(H,32,36)(H,30,33,34). The second-order valence-electron chi connectivity index (χ2n) is 8.13. The summed E-state index contributed by atoms with van der Waals surface area (Å²) in [6.45, 7) is 0.149. The number of hydrogen-bond acceptors (Lipinski definition) is 8. The van der Waals surface area contributed by atoms with Crippen LogP contribution in [0.15, 0.2) is 107 Å². The first-order valence-corrected chi connectivity index (χ1v) is 13.3. The summed E-state index contributed by atoms with van der Waals surface area (Å²) in [5.74, 6) is -0.890. The molecular weight excluding hydrogens is 521 g/mol. The zero-order chi connectivity index (χ0) is 26.3. The minimum Gasteiger partial charge on any atom is -0.508 e. The summed E-state index contributed by atoms with van der Waals surface area (Å²) >= 11 is 2.51. The molecule has 0 aliphatic heterocycles. The number of rotatable bonds is 9. The lowest BCUT2D eigenvalue weighted by atomic mass is 9.90. The number of carbonyl (C=O) groups excluding carboxylic acids is 1. The van der Waals surface area contributed by atoms with Gasteiger partial charge in [0.25, 0.3) is 5.91 Å². The minimum atomic E-state index is -0.707. The topological polar surface area (TPSA) is 100 Å². The highest BCUT2D eigenvalue weighted by atomic mass is 32.2. The molecular formula is C28H22FN5O2S2. The van der Waals surface area contributed by atoms with Gasteiger partial charge in [-0.3, -0.25) is 4.79 Å². The SMILES string of the molecule is O=C(NCC(c1ccccc1)c1ccccc1O)c1nccc(Sc2cnc(Nc3ccccn3)s2)c1F. The van der Waals surface area contributed by atoms with E-state index in [0.29, 0.717) is 16.5 Å². The highest BCUT2D eigenvalue weighted by molar-refractivity contribution is 8.01. The quantitative estimate of drug-likeness (QED) is 0.203. The molecule has 0 spiro atoms. The van der Waals surface area contributed by atoms with Gasteiger partial charge in [-0.25, -0.2) is 19.3 Å². The van der Waals surface area contributed by atoms with Gasteiger partial charge in [0.05, 0.1) is 15.3 Å². The van der Waals surface area contributed by atoms with E-state index in [4.69, 9.17) is 0 Å². The summed E-state index contributed by atoms with van der Waals surface area (Å²) in [7, 11) is 0. The number of nitrogens with zero attached hydrogens (tertiary/aromatic N) is 3. The average Bonchev–Trinajstić information content (AvgIpc) is 3.38. The molecule has 10 heteroatoms. The van der Waals surface area contributed by atoms with Gasteiger partial charge in [0, 0.05) is 30.4 Å². The fourth-order valence-electron chi connectivity index (χ4n) is 3.84. The number of phenolic OH excluding ortho intramolecular Hbond substituents is 1. The number of aromatic hydroxyl groups is 1. The molecule has 3 aromatic heterocycles. The minimum absolute atomic E-state index is 0.125. The molecule has 0 saturated carbocycles. The highest BCUT2D eigenvalue weighted by Crippen LogP contribution is 2.36. The Morgan fingerprint density at radius 1 is 0.947 bits per heavy atom. The van der Waals surface area contributed by atoms with Crippen LogP contribution in [-0.4, -0.2) is 32.5 Å². The predicted octanol–water partition coefficient (Wildman–Crippen LogP) is 6.23. The maximum absolute atomic E-state index is 15.4. The van der Waals surface area contributed by atoms with Crippen molar-refractivity contribution in [3.05, 3.63) is 120 Å². The first kappa shape index (κ1) is 25.4. The summed E-state index contributed by atoms with van der Waals surface area (Å²) in [6, 6.07) is 23.5. The van der Waals surface area contributed by atoms with Crippen LogP contribution in [0.4, 0.5) is 15.3 Å². The van der Waals surface area contributed by atoms with Crippen molar-refractivity contribution in [1.29, 1.82) is 0 Å². The molecule has 2 aromatic carbocycles. The van der Waals surface area contributed by atoms with Gasteiger partial charge in [0.15, 0.2) is 16.6 Å². The number of nitrogens with one attached hydrogen (secondary N) is 2. The van der Waals surface area contributed by atoms with Crippen molar-refractivity contribution in [2.24, 2.45) is 0 Å². The number of phenols is 1. The number of halogens is 1. The molecule has 0 saturated heterocycles. The van der Waals surface area contributed by atoms with Crippen molar-refractivity contribution < 1.29 is 14.3 Å². The fourth-order valence-corrected chi connectivity index (χ4v) is 5.70. The van der Waals surface area contributed by atoms with Crippen LogP contribution >= 0.6 is 23.1 Å². The molecule has 5 aromatic rings. The van der Waals surface area contributed by atoms with Crippen LogP contribution in [0, 0.1) is 5.82 Å². The van der Waals surface area contributed by atoms with Gasteiger partial charge in [-0.2, -0.15) is 0 Å². The number of para-hydroxylation sites is 1. The van der Waals surface area contributed by atoms with Crippen molar-refractivity contribution in [1.82, 2.24) is 20.3 Å². The Kier molecular flexibility index (Phi) is 7.91. The lowest BCUT2D eigenvalue weighted by Crippen LogP contribution is -2.30. The molecule has 38 heavy (non-hydrogen) atoms. The Labute approximate surface area is 226 Å². The Bertz CT molecular complexity index is 1530. The van der Waals surface area contributed by atoms with Crippen molar-refractivity contribution in [2.45, 2.75) is 15.0 Å². The van der Waals surface area contributed by atoms with Crippen LogP contribution in [0.5, 0.6) is 5.75 Å². The molecule has 190 valence electrons. The number of pyridine rings is 2. The monoisotopic (exact) mass is 543 g/mol. The van der Waals surface area contributed by atoms with E-state index in [1.807, 2.05) is 54.6 Å². The lowest BCUT2D eigenvalue weighted by molar-refractivity contribution is 0.0942. The lowest BCUT2D eigenvalue weighted by Gasteiger charge is -2.20. The van der Waals surface area contributed by atoms with Gasteiger partial charge in [-0.1, -0.05) is 77.7 Å². The fraction of sp³-hybridized carbons (Fsp3) is 0.0714. The largest absolute Gasteiger partial charge is 0.508 e. The summed E-state index contributed by atoms with van der Waals surface area (Å²) < 4.78 is 16.1. The predicted molar refractivity (Wildman–Crippen MR) is 147 cm³/mol. The number of benzene rings is 2. The first-order chi connectivity index (χ1) is 18.6.